The van der Waals surface area contributed by atoms with Crippen LogP contribution in [0.5, 0.6) is 0 Å². The SMILES string of the molecule is O=C(CNc1nnc(-c2cc(C(F)(F)F)[nH]n2)o1)N1CCC2(CC1)CC2. The molecule has 0 aromatic carbocycles. The van der Waals surface area contributed by atoms with Gasteiger partial charge in [0, 0.05) is 19.2 Å². The van der Waals surface area contributed by atoms with E-state index >= 15 is 0 Å². The smallest absolute Gasteiger partial charge is 0.402 e. The number of aromatic amines is 1. The number of anilines is 1. The van der Waals surface area contributed by atoms with Crippen LogP contribution in [-0.2, 0) is 11.0 Å². The Hall–Kier alpha value is -2.59. The Kier molecular flexibility index (Phi) is 3.88. The summed E-state index contributed by atoms with van der Waals surface area (Å²) in [5.74, 6) is -0.236. The van der Waals surface area contributed by atoms with E-state index in [4.69, 9.17) is 4.42 Å². The molecule has 0 atom stereocenters. The van der Waals surface area contributed by atoms with E-state index in [9.17, 15) is 18.0 Å². The Bertz CT molecular complexity index is 800. The second-order valence-corrected chi connectivity index (χ2v) is 6.81. The molecule has 1 aliphatic carbocycles. The fourth-order valence-electron chi connectivity index (χ4n) is 3.14. The predicted octanol–water partition coefficient (Wildman–Crippen LogP) is 2.29. The van der Waals surface area contributed by atoms with Crippen LogP contribution in [0.3, 0.4) is 0 Å². The summed E-state index contributed by atoms with van der Waals surface area (Å²) in [6.45, 7) is 1.50. The first-order valence-electron chi connectivity index (χ1n) is 8.33. The van der Waals surface area contributed by atoms with Gasteiger partial charge < -0.3 is 14.6 Å². The molecule has 2 aromatic rings. The van der Waals surface area contributed by atoms with Crippen LogP contribution in [0, 0.1) is 5.41 Å². The van der Waals surface area contributed by atoms with Gasteiger partial charge in [0.2, 0.25) is 5.91 Å². The Morgan fingerprint density at radius 2 is 2.00 bits per heavy atom. The Balaban J connectivity index is 1.32. The van der Waals surface area contributed by atoms with Crippen molar-refractivity contribution in [2.45, 2.75) is 31.9 Å². The number of halogens is 3. The first-order valence-corrected chi connectivity index (χ1v) is 8.33. The molecule has 3 heterocycles. The molecule has 2 fully saturated rings. The fraction of sp³-hybridized carbons (Fsp3) is 0.600. The van der Waals surface area contributed by atoms with Crippen molar-refractivity contribution in [2.75, 3.05) is 25.0 Å². The van der Waals surface area contributed by atoms with Gasteiger partial charge in [-0.2, -0.15) is 18.3 Å². The summed E-state index contributed by atoms with van der Waals surface area (Å²) in [6, 6.07) is 0.741. The number of likely N-dealkylation sites (tertiary alicyclic amines) is 1. The van der Waals surface area contributed by atoms with Crippen LogP contribution < -0.4 is 5.32 Å². The average Bonchev–Trinajstić information content (AvgIpc) is 3.05. The minimum absolute atomic E-state index is 0.0109. The summed E-state index contributed by atoms with van der Waals surface area (Å²) >= 11 is 0. The Labute approximate surface area is 146 Å². The molecule has 4 rings (SSSR count). The molecule has 1 saturated heterocycles. The highest BCUT2D eigenvalue weighted by atomic mass is 19.4. The number of piperidine rings is 1. The highest BCUT2D eigenvalue weighted by Gasteiger charge is 2.45. The third-order valence-corrected chi connectivity index (χ3v) is 5.05. The zero-order valence-corrected chi connectivity index (χ0v) is 13.8. The monoisotopic (exact) mass is 370 g/mol. The van der Waals surface area contributed by atoms with Crippen molar-refractivity contribution in [3.05, 3.63) is 11.8 Å². The van der Waals surface area contributed by atoms with Crippen LogP contribution in [-0.4, -0.2) is 50.8 Å². The summed E-state index contributed by atoms with van der Waals surface area (Å²) in [6.07, 6.45) is 0.0864. The first-order chi connectivity index (χ1) is 12.3. The normalized spacial score (nSPS) is 19.0. The topological polar surface area (TPSA) is 99.9 Å². The summed E-state index contributed by atoms with van der Waals surface area (Å²) in [4.78, 5) is 14.0. The number of H-pyrrole nitrogens is 1. The molecule has 1 saturated carbocycles. The van der Waals surface area contributed by atoms with Crippen molar-refractivity contribution in [3.8, 4) is 11.6 Å². The van der Waals surface area contributed by atoms with Crippen LogP contribution in [0.4, 0.5) is 19.2 Å². The summed E-state index contributed by atoms with van der Waals surface area (Å²) in [7, 11) is 0. The van der Waals surface area contributed by atoms with Gasteiger partial charge in [-0.05, 0) is 31.1 Å². The van der Waals surface area contributed by atoms with Crippen molar-refractivity contribution in [2.24, 2.45) is 5.41 Å². The lowest BCUT2D eigenvalue weighted by Gasteiger charge is -2.32. The molecule has 1 amide bonds. The van der Waals surface area contributed by atoms with Gasteiger partial charge in [-0.25, -0.2) is 0 Å². The number of carbonyl (C=O) groups is 1. The van der Waals surface area contributed by atoms with Crippen LogP contribution in [0.15, 0.2) is 10.5 Å². The standard InChI is InChI=1S/C15H17F3N6O2/c16-15(17,18)10-7-9(20-21-10)12-22-23-13(26-12)19-8-11(25)24-5-3-14(1-2-14)4-6-24/h7H,1-6,8H2,(H,19,23)(H,20,21). The molecule has 2 aliphatic rings. The van der Waals surface area contributed by atoms with E-state index in [2.05, 4.69) is 20.6 Å². The van der Waals surface area contributed by atoms with Crippen LogP contribution in [0.2, 0.25) is 0 Å². The lowest BCUT2D eigenvalue weighted by Crippen LogP contribution is -2.41. The van der Waals surface area contributed by atoms with E-state index in [1.54, 1.807) is 4.90 Å². The van der Waals surface area contributed by atoms with Crippen molar-refractivity contribution in [3.63, 3.8) is 0 Å². The highest BCUT2D eigenvalue weighted by molar-refractivity contribution is 5.80. The zero-order chi connectivity index (χ0) is 18.4. The van der Waals surface area contributed by atoms with E-state index in [0.717, 1.165) is 32.0 Å². The molecule has 1 spiro atoms. The number of hydrogen-bond acceptors (Lipinski definition) is 6. The maximum absolute atomic E-state index is 12.6. The molecule has 0 bridgehead atoms. The van der Waals surface area contributed by atoms with E-state index in [1.807, 2.05) is 5.10 Å². The zero-order valence-electron chi connectivity index (χ0n) is 13.8. The van der Waals surface area contributed by atoms with E-state index in [-0.39, 0.29) is 30.1 Å². The van der Waals surface area contributed by atoms with E-state index in [1.165, 1.54) is 12.8 Å². The maximum Gasteiger partial charge on any atom is 0.432 e. The lowest BCUT2D eigenvalue weighted by molar-refractivity contribution is -0.141. The molecule has 140 valence electrons. The fourth-order valence-corrected chi connectivity index (χ4v) is 3.14. The van der Waals surface area contributed by atoms with Gasteiger partial charge in [0.05, 0.1) is 6.54 Å². The number of amides is 1. The van der Waals surface area contributed by atoms with Crippen molar-refractivity contribution in [1.29, 1.82) is 0 Å². The third-order valence-electron chi connectivity index (χ3n) is 5.05. The van der Waals surface area contributed by atoms with Gasteiger partial charge in [-0.15, -0.1) is 5.10 Å². The van der Waals surface area contributed by atoms with E-state index in [0.29, 0.717) is 5.41 Å². The summed E-state index contributed by atoms with van der Waals surface area (Å²) < 4.78 is 42.9. The number of hydrogen-bond donors (Lipinski definition) is 2. The molecular formula is C15H17F3N6O2. The number of alkyl halides is 3. The van der Waals surface area contributed by atoms with Crippen molar-refractivity contribution in [1.82, 2.24) is 25.3 Å². The van der Waals surface area contributed by atoms with Crippen molar-refractivity contribution >= 4 is 11.9 Å². The van der Waals surface area contributed by atoms with Gasteiger partial charge >= 0.3 is 12.2 Å². The predicted molar refractivity (Wildman–Crippen MR) is 82.9 cm³/mol. The maximum atomic E-state index is 12.6. The molecule has 0 unspecified atom stereocenters. The molecule has 0 radical (unpaired) electrons. The first kappa shape index (κ1) is 16.9. The number of nitrogens with one attached hydrogen (secondary N) is 2. The Morgan fingerprint density at radius 3 is 2.62 bits per heavy atom. The molecule has 1 aliphatic heterocycles. The third kappa shape index (κ3) is 3.37. The lowest BCUT2D eigenvalue weighted by atomic mass is 9.94. The minimum atomic E-state index is -4.54. The van der Waals surface area contributed by atoms with Gasteiger partial charge in [-0.1, -0.05) is 5.10 Å². The largest absolute Gasteiger partial charge is 0.432 e. The highest BCUT2D eigenvalue weighted by Crippen LogP contribution is 2.53. The quantitative estimate of drug-likeness (QED) is 0.857. The Morgan fingerprint density at radius 1 is 1.27 bits per heavy atom. The number of aromatic nitrogens is 4. The number of carbonyl (C=O) groups excluding carboxylic acids is 1. The van der Waals surface area contributed by atoms with Crippen LogP contribution >= 0.6 is 0 Å². The van der Waals surface area contributed by atoms with E-state index < -0.39 is 11.9 Å². The molecule has 2 N–H and O–H groups in total. The molecule has 8 nitrogen and oxygen atoms in total. The van der Waals surface area contributed by atoms with Crippen molar-refractivity contribution < 1.29 is 22.4 Å². The number of nitrogens with zero attached hydrogens (tertiary/aromatic N) is 4. The molecular weight excluding hydrogens is 353 g/mol. The average molecular weight is 370 g/mol. The molecule has 11 heteroatoms. The van der Waals surface area contributed by atoms with Gasteiger partial charge in [0.1, 0.15) is 11.4 Å². The van der Waals surface area contributed by atoms with Crippen LogP contribution in [0.25, 0.3) is 11.6 Å². The van der Waals surface area contributed by atoms with Gasteiger partial charge in [-0.3, -0.25) is 9.89 Å². The van der Waals surface area contributed by atoms with Crippen LogP contribution in [0.1, 0.15) is 31.4 Å². The van der Waals surface area contributed by atoms with Gasteiger partial charge in [0.25, 0.3) is 5.89 Å². The van der Waals surface area contributed by atoms with Gasteiger partial charge in [0.15, 0.2) is 0 Å². The second-order valence-electron chi connectivity index (χ2n) is 6.81. The molecule has 2 aromatic heterocycles. The molecule has 26 heavy (non-hydrogen) atoms. The minimum Gasteiger partial charge on any atom is -0.402 e. The summed E-state index contributed by atoms with van der Waals surface area (Å²) in [5.41, 5.74) is -0.631. The summed E-state index contributed by atoms with van der Waals surface area (Å²) in [5, 5.41) is 15.4. The number of rotatable bonds is 4. The second kappa shape index (κ2) is 5.99.